The number of nitrogens with one attached hydrogen (secondary N) is 1. The lowest BCUT2D eigenvalue weighted by molar-refractivity contribution is 0.0924. The minimum absolute atomic E-state index is 0.267. The van der Waals surface area contributed by atoms with Crippen LogP contribution in [0.1, 0.15) is 16.8 Å². The maximum atomic E-state index is 13.6. The fourth-order valence-corrected chi connectivity index (χ4v) is 2.55. The Morgan fingerprint density at radius 1 is 1.40 bits per heavy atom. The first kappa shape index (κ1) is 15.1. The molecular weight excluding hydrogens is 316 g/mol. The molecule has 110 valence electrons. The molecule has 0 bridgehead atoms. The van der Waals surface area contributed by atoms with Crippen LogP contribution >= 0.6 is 10.7 Å². The summed E-state index contributed by atoms with van der Waals surface area (Å²) in [4.78, 5) is 11.2. The third-order valence-corrected chi connectivity index (χ3v) is 4.13. The van der Waals surface area contributed by atoms with Crippen LogP contribution in [0.15, 0.2) is 17.0 Å². The summed E-state index contributed by atoms with van der Waals surface area (Å²) in [5.74, 6) is -3.80. The summed E-state index contributed by atoms with van der Waals surface area (Å²) in [5, 5.41) is 2.43. The van der Waals surface area contributed by atoms with E-state index in [0.29, 0.717) is 25.2 Å². The highest BCUT2D eigenvalue weighted by molar-refractivity contribution is 8.13. The van der Waals surface area contributed by atoms with Crippen molar-refractivity contribution in [2.75, 3.05) is 13.2 Å². The normalized spacial score (nSPS) is 19.1. The van der Waals surface area contributed by atoms with E-state index in [9.17, 15) is 22.0 Å². The molecule has 0 radical (unpaired) electrons. The average Bonchev–Trinajstić information content (AvgIpc) is 2.83. The van der Waals surface area contributed by atoms with E-state index in [-0.39, 0.29) is 12.6 Å². The van der Waals surface area contributed by atoms with Crippen molar-refractivity contribution in [2.24, 2.45) is 0 Å². The molecule has 1 N–H and O–H groups in total. The first-order valence-electron chi connectivity index (χ1n) is 5.61. The van der Waals surface area contributed by atoms with Gasteiger partial charge in [-0.15, -0.1) is 0 Å². The van der Waals surface area contributed by atoms with E-state index >= 15 is 0 Å². The number of carbonyl (C=O) groups excluding carboxylic acids is 1. The Morgan fingerprint density at radius 2 is 2.10 bits per heavy atom. The fourth-order valence-electron chi connectivity index (χ4n) is 1.78. The molecule has 1 aliphatic rings. The summed E-state index contributed by atoms with van der Waals surface area (Å²) in [6.45, 7) is 0.723. The van der Waals surface area contributed by atoms with Crippen molar-refractivity contribution in [1.29, 1.82) is 0 Å². The molecule has 1 fully saturated rings. The number of hydrogen-bond donors (Lipinski definition) is 1. The highest BCUT2D eigenvalue weighted by Crippen LogP contribution is 2.22. The van der Waals surface area contributed by atoms with E-state index in [2.05, 4.69) is 5.32 Å². The molecule has 9 heteroatoms. The van der Waals surface area contributed by atoms with Gasteiger partial charge in [0.2, 0.25) is 0 Å². The van der Waals surface area contributed by atoms with Crippen LogP contribution in [0, 0.1) is 11.6 Å². The molecule has 2 rings (SSSR count). The summed E-state index contributed by atoms with van der Waals surface area (Å²) in [6, 6.07) is 0.806. The second kappa shape index (κ2) is 5.63. The first-order chi connectivity index (χ1) is 9.29. The molecule has 1 saturated heterocycles. The van der Waals surface area contributed by atoms with Gasteiger partial charge in [0.25, 0.3) is 15.0 Å². The quantitative estimate of drug-likeness (QED) is 0.853. The SMILES string of the molecule is O=C(NC1CCOC1)c1cc(S(=O)(=O)Cl)cc(F)c1F. The van der Waals surface area contributed by atoms with Gasteiger partial charge in [-0.2, -0.15) is 0 Å². The molecule has 1 amide bonds. The largest absolute Gasteiger partial charge is 0.379 e. The lowest BCUT2D eigenvalue weighted by Crippen LogP contribution is -2.35. The monoisotopic (exact) mass is 325 g/mol. The van der Waals surface area contributed by atoms with E-state index in [0.717, 1.165) is 0 Å². The highest BCUT2D eigenvalue weighted by atomic mass is 35.7. The zero-order chi connectivity index (χ0) is 14.9. The minimum Gasteiger partial charge on any atom is -0.379 e. The van der Waals surface area contributed by atoms with Crippen LogP contribution in [-0.4, -0.2) is 33.6 Å². The molecule has 0 saturated carbocycles. The van der Waals surface area contributed by atoms with E-state index in [4.69, 9.17) is 15.4 Å². The number of benzene rings is 1. The second-order valence-electron chi connectivity index (χ2n) is 4.24. The van der Waals surface area contributed by atoms with E-state index in [1.165, 1.54) is 0 Å². The summed E-state index contributed by atoms with van der Waals surface area (Å²) >= 11 is 0. The van der Waals surface area contributed by atoms with Gasteiger partial charge in [0.05, 0.1) is 23.1 Å². The predicted molar refractivity (Wildman–Crippen MR) is 66.1 cm³/mol. The molecule has 0 aliphatic carbocycles. The molecular formula is C11H10ClF2NO4S. The Balaban J connectivity index is 2.34. The number of amides is 1. The van der Waals surface area contributed by atoms with Gasteiger partial charge in [0.1, 0.15) is 0 Å². The predicted octanol–water partition coefficient (Wildman–Crippen LogP) is 1.41. The highest BCUT2D eigenvalue weighted by Gasteiger charge is 2.24. The Hall–Kier alpha value is -1.25. The number of rotatable bonds is 3. The molecule has 1 atom stereocenters. The van der Waals surface area contributed by atoms with Gasteiger partial charge in [0, 0.05) is 17.3 Å². The summed E-state index contributed by atoms with van der Waals surface area (Å²) in [7, 11) is 0.797. The van der Waals surface area contributed by atoms with Crippen LogP contribution in [-0.2, 0) is 13.8 Å². The zero-order valence-electron chi connectivity index (χ0n) is 10.0. The minimum atomic E-state index is -4.26. The van der Waals surface area contributed by atoms with Gasteiger partial charge in [-0.3, -0.25) is 4.79 Å². The fraction of sp³-hybridized carbons (Fsp3) is 0.364. The van der Waals surface area contributed by atoms with Crippen molar-refractivity contribution in [3.05, 3.63) is 29.3 Å². The Kier molecular flexibility index (Phi) is 4.26. The molecule has 0 aromatic heterocycles. The van der Waals surface area contributed by atoms with Crippen molar-refractivity contribution < 1.29 is 26.7 Å². The Labute approximate surface area is 118 Å². The molecule has 1 heterocycles. The van der Waals surface area contributed by atoms with Crippen LogP contribution in [0.4, 0.5) is 8.78 Å². The van der Waals surface area contributed by atoms with Crippen LogP contribution < -0.4 is 5.32 Å². The molecule has 0 spiro atoms. The van der Waals surface area contributed by atoms with Gasteiger partial charge in [0.15, 0.2) is 11.6 Å². The van der Waals surface area contributed by atoms with Crippen molar-refractivity contribution >= 4 is 25.6 Å². The van der Waals surface area contributed by atoms with Crippen molar-refractivity contribution in [3.63, 3.8) is 0 Å². The molecule has 1 aromatic carbocycles. The smallest absolute Gasteiger partial charge is 0.261 e. The Bertz CT molecular complexity index is 644. The summed E-state index contributed by atoms with van der Waals surface area (Å²) in [6.07, 6.45) is 0.545. The topological polar surface area (TPSA) is 72.5 Å². The van der Waals surface area contributed by atoms with Gasteiger partial charge >= 0.3 is 0 Å². The van der Waals surface area contributed by atoms with E-state index in [1.54, 1.807) is 0 Å². The molecule has 5 nitrogen and oxygen atoms in total. The van der Waals surface area contributed by atoms with Crippen LogP contribution in [0.25, 0.3) is 0 Å². The maximum Gasteiger partial charge on any atom is 0.261 e. The Morgan fingerprint density at radius 3 is 2.65 bits per heavy atom. The van der Waals surface area contributed by atoms with Crippen molar-refractivity contribution in [1.82, 2.24) is 5.32 Å². The number of hydrogen-bond acceptors (Lipinski definition) is 4. The summed E-state index contributed by atoms with van der Waals surface area (Å²) < 4.78 is 54.2. The van der Waals surface area contributed by atoms with Gasteiger partial charge in [-0.05, 0) is 18.6 Å². The van der Waals surface area contributed by atoms with Crippen molar-refractivity contribution in [2.45, 2.75) is 17.4 Å². The molecule has 1 unspecified atom stereocenters. The molecule has 1 aliphatic heterocycles. The van der Waals surface area contributed by atoms with Gasteiger partial charge in [-0.25, -0.2) is 17.2 Å². The first-order valence-corrected chi connectivity index (χ1v) is 7.92. The van der Waals surface area contributed by atoms with E-state index < -0.39 is 37.1 Å². The van der Waals surface area contributed by atoms with Crippen molar-refractivity contribution in [3.8, 4) is 0 Å². The lowest BCUT2D eigenvalue weighted by atomic mass is 10.1. The summed E-state index contributed by atoms with van der Waals surface area (Å²) in [5.41, 5.74) is -0.712. The van der Waals surface area contributed by atoms with Crippen LogP contribution in [0.3, 0.4) is 0 Å². The third kappa shape index (κ3) is 3.25. The third-order valence-electron chi connectivity index (χ3n) is 2.79. The van der Waals surface area contributed by atoms with Gasteiger partial charge in [-0.1, -0.05) is 0 Å². The number of halogens is 3. The molecule has 1 aromatic rings. The van der Waals surface area contributed by atoms with Crippen LogP contribution in [0.2, 0.25) is 0 Å². The molecule has 20 heavy (non-hydrogen) atoms. The van der Waals surface area contributed by atoms with Crippen LogP contribution in [0.5, 0.6) is 0 Å². The average molecular weight is 326 g/mol. The standard InChI is InChI=1S/C11H10ClF2NO4S/c12-20(17,18)7-3-8(10(14)9(13)4-7)11(16)15-6-1-2-19-5-6/h3-4,6H,1-2,5H2,(H,15,16). The van der Waals surface area contributed by atoms with Gasteiger partial charge < -0.3 is 10.1 Å². The maximum absolute atomic E-state index is 13.6. The van der Waals surface area contributed by atoms with E-state index in [1.807, 2.05) is 0 Å². The second-order valence-corrected chi connectivity index (χ2v) is 6.80. The lowest BCUT2D eigenvalue weighted by Gasteiger charge is -2.12. The number of ether oxygens (including phenoxy) is 1. The number of carbonyl (C=O) groups is 1. The zero-order valence-corrected chi connectivity index (χ0v) is 11.6.